The molecule has 2 atom stereocenters. The van der Waals surface area contributed by atoms with Crippen LogP contribution in [0.3, 0.4) is 0 Å². The van der Waals surface area contributed by atoms with Gasteiger partial charge in [-0.15, -0.1) is 0 Å². The number of methoxy groups -OCH3 is 1. The van der Waals surface area contributed by atoms with E-state index in [9.17, 15) is 9.59 Å². The highest BCUT2D eigenvalue weighted by atomic mass is 16.5. The average Bonchev–Trinajstić information content (AvgIpc) is 2.28. The van der Waals surface area contributed by atoms with Crippen molar-refractivity contribution in [2.45, 2.75) is 18.9 Å². The molecular formula is C10H16N2O3. The predicted molar refractivity (Wildman–Crippen MR) is 53.1 cm³/mol. The number of nitrogens with one attached hydrogen (secondary N) is 1. The first-order valence-corrected chi connectivity index (χ1v) is 5.32. The topological polar surface area (TPSA) is 58.6 Å². The summed E-state index contributed by atoms with van der Waals surface area (Å²) in [5, 5.41) is 2.83. The van der Waals surface area contributed by atoms with Gasteiger partial charge in [-0.3, -0.25) is 14.5 Å². The van der Waals surface area contributed by atoms with Gasteiger partial charge in [0, 0.05) is 13.1 Å². The Labute approximate surface area is 88.8 Å². The summed E-state index contributed by atoms with van der Waals surface area (Å²) in [4.78, 5) is 25.1. The van der Waals surface area contributed by atoms with E-state index in [-0.39, 0.29) is 23.8 Å². The van der Waals surface area contributed by atoms with Gasteiger partial charge in [-0.05, 0) is 19.4 Å². The smallest absolute Gasteiger partial charge is 0.308 e. The summed E-state index contributed by atoms with van der Waals surface area (Å²) in [6.07, 6.45) is 1.40. The highest BCUT2D eigenvalue weighted by Crippen LogP contribution is 2.25. The molecule has 5 nitrogen and oxygen atoms in total. The molecule has 0 saturated carbocycles. The van der Waals surface area contributed by atoms with Crippen molar-refractivity contribution >= 4 is 11.9 Å². The van der Waals surface area contributed by atoms with Gasteiger partial charge < -0.3 is 10.1 Å². The van der Waals surface area contributed by atoms with Crippen molar-refractivity contribution in [3.8, 4) is 0 Å². The van der Waals surface area contributed by atoms with E-state index in [1.807, 2.05) is 0 Å². The summed E-state index contributed by atoms with van der Waals surface area (Å²) in [5.41, 5.74) is 0. The number of piperidine rings is 1. The van der Waals surface area contributed by atoms with Crippen LogP contribution in [-0.4, -0.2) is 49.6 Å². The fourth-order valence-electron chi connectivity index (χ4n) is 2.38. The maximum Gasteiger partial charge on any atom is 0.308 e. The van der Waals surface area contributed by atoms with E-state index < -0.39 is 0 Å². The van der Waals surface area contributed by atoms with Gasteiger partial charge in [0.15, 0.2) is 0 Å². The average molecular weight is 212 g/mol. The molecule has 1 amide bonds. The molecule has 0 aliphatic carbocycles. The van der Waals surface area contributed by atoms with Crippen LogP contribution in [0.1, 0.15) is 12.8 Å². The van der Waals surface area contributed by atoms with Crippen LogP contribution in [0.25, 0.3) is 0 Å². The Morgan fingerprint density at radius 1 is 1.53 bits per heavy atom. The maximum atomic E-state index is 11.6. The lowest BCUT2D eigenvalue weighted by Gasteiger charge is -2.40. The van der Waals surface area contributed by atoms with E-state index in [4.69, 9.17) is 4.74 Å². The van der Waals surface area contributed by atoms with Crippen molar-refractivity contribution in [2.75, 3.05) is 26.7 Å². The number of piperazine rings is 1. The Hall–Kier alpha value is -1.10. The molecule has 2 heterocycles. The SMILES string of the molecule is COC(=O)[C@@H]1CCN2CCNC(=O)[C@@H]2C1. The summed E-state index contributed by atoms with van der Waals surface area (Å²) in [5.74, 6) is -0.247. The Kier molecular flexibility index (Phi) is 2.90. The zero-order chi connectivity index (χ0) is 10.8. The fourth-order valence-corrected chi connectivity index (χ4v) is 2.38. The molecule has 0 aromatic rings. The molecule has 0 aromatic carbocycles. The van der Waals surface area contributed by atoms with Crippen LogP contribution in [0.15, 0.2) is 0 Å². The van der Waals surface area contributed by atoms with Gasteiger partial charge in [0.1, 0.15) is 0 Å². The van der Waals surface area contributed by atoms with Crippen molar-refractivity contribution < 1.29 is 14.3 Å². The second-order valence-electron chi connectivity index (χ2n) is 4.09. The highest BCUT2D eigenvalue weighted by molar-refractivity contribution is 5.84. The van der Waals surface area contributed by atoms with E-state index in [0.717, 1.165) is 26.1 Å². The van der Waals surface area contributed by atoms with E-state index in [1.54, 1.807) is 0 Å². The fraction of sp³-hybridized carbons (Fsp3) is 0.800. The number of nitrogens with zero attached hydrogens (tertiary/aromatic N) is 1. The Morgan fingerprint density at radius 3 is 3.07 bits per heavy atom. The molecule has 0 bridgehead atoms. The van der Waals surface area contributed by atoms with E-state index in [1.165, 1.54) is 7.11 Å². The summed E-state index contributed by atoms with van der Waals surface area (Å²) in [6.45, 7) is 2.43. The number of rotatable bonds is 1. The number of amides is 1. The minimum atomic E-state index is -0.187. The first-order valence-electron chi connectivity index (χ1n) is 5.32. The molecule has 0 unspecified atom stereocenters. The third-order valence-electron chi connectivity index (χ3n) is 3.25. The zero-order valence-electron chi connectivity index (χ0n) is 8.86. The molecule has 0 spiro atoms. The molecule has 2 aliphatic rings. The number of hydrogen-bond donors (Lipinski definition) is 1. The summed E-state index contributed by atoms with van der Waals surface area (Å²) in [7, 11) is 1.40. The quantitative estimate of drug-likeness (QED) is 0.588. The molecule has 0 aromatic heterocycles. The van der Waals surface area contributed by atoms with Crippen LogP contribution in [0.2, 0.25) is 0 Å². The molecule has 15 heavy (non-hydrogen) atoms. The monoisotopic (exact) mass is 212 g/mol. The second kappa shape index (κ2) is 4.18. The molecular weight excluding hydrogens is 196 g/mol. The molecule has 2 fully saturated rings. The molecule has 1 N–H and O–H groups in total. The Morgan fingerprint density at radius 2 is 2.33 bits per heavy atom. The van der Waals surface area contributed by atoms with Crippen molar-refractivity contribution in [3.05, 3.63) is 0 Å². The third kappa shape index (κ3) is 1.97. The first kappa shape index (κ1) is 10.4. The van der Waals surface area contributed by atoms with Gasteiger partial charge in [0.05, 0.1) is 19.1 Å². The van der Waals surface area contributed by atoms with E-state index in [2.05, 4.69) is 10.2 Å². The highest BCUT2D eigenvalue weighted by Gasteiger charge is 2.38. The van der Waals surface area contributed by atoms with Crippen LogP contribution >= 0.6 is 0 Å². The maximum absolute atomic E-state index is 11.6. The lowest BCUT2D eigenvalue weighted by atomic mass is 9.89. The number of esters is 1. The molecule has 5 heteroatoms. The normalized spacial score (nSPS) is 31.7. The molecule has 84 valence electrons. The zero-order valence-corrected chi connectivity index (χ0v) is 8.86. The summed E-state index contributed by atoms with van der Waals surface area (Å²) >= 11 is 0. The van der Waals surface area contributed by atoms with E-state index >= 15 is 0 Å². The van der Waals surface area contributed by atoms with Crippen LogP contribution < -0.4 is 5.32 Å². The number of carbonyl (C=O) groups excluding carboxylic acids is 2. The van der Waals surface area contributed by atoms with Crippen LogP contribution in [-0.2, 0) is 14.3 Å². The van der Waals surface area contributed by atoms with Gasteiger partial charge in [-0.2, -0.15) is 0 Å². The van der Waals surface area contributed by atoms with Gasteiger partial charge in [0.25, 0.3) is 0 Å². The van der Waals surface area contributed by atoms with Gasteiger partial charge >= 0.3 is 5.97 Å². The molecule has 2 aliphatic heterocycles. The lowest BCUT2D eigenvalue weighted by Crippen LogP contribution is -2.58. The van der Waals surface area contributed by atoms with Crippen molar-refractivity contribution in [3.63, 3.8) is 0 Å². The molecule has 2 rings (SSSR count). The van der Waals surface area contributed by atoms with Crippen molar-refractivity contribution in [1.29, 1.82) is 0 Å². The van der Waals surface area contributed by atoms with Crippen molar-refractivity contribution in [2.24, 2.45) is 5.92 Å². The minimum Gasteiger partial charge on any atom is -0.469 e. The lowest BCUT2D eigenvalue weighted by molar-refractivity contribution is -0.149. The van der Waals surface area contributed by atoms with Gasteiger partial charge in [-0.25, -0.2) is 0 Å². The Bertz CT molecular complexity index is 280. The van der Waals surface area contributed by atoms with Crippen LogP contribution in [0.5, 0.6) is 0 Å². The summed E-state index contributed by atoms with van der Waals surface area (Å²) in [6, 6.07) is -0.128. The molecule has 0 radical (unpaired) electrons. The third-order valence-corrected chi connectivity index (χ3v) is 3.25. The standard InChI is InChI=1S/C10H16N2O3/c1-15-10(14)7-2-4-12-5-3-11-9(13)8(12)6-7/h7-8H,2-6H2,1H3,(H,11,13)/t7-,8+/m1/s1. The van der Waals surface area contributed by atoms with Gasteiger partial charge in [0.2, 0.25) is 5.91 Å². The largest absolute Gasteiger partial charge is 0.469 e. The number of hydrogen-bond acceptors (Lipinski definition) is 4. The first-order chi connectivity index (χ1) is 7.22. The Balaban J connectivity index is 2.02. The number of ether oxygens (including phenoxy) is 1. The minimum absolute atomic E-state index is 0.0508. The van der Waals surface area contributed by atoms with Gasteiger partial charge in [-0.1, -0.05) is 0 Å². The number of fused-ring (bicyclic) bond motifs is 1. The second-order valence-corrected chi connectivity index (χ2v) is 4.09. The predicted octanol–water partition coefficient (Wildman–Crippen LogP) is -0.630. The number of carbonyl (C=O) groups is 2. The van der Waals surface area contributed by atoms with Crippen molar-refractivity contribution in [1.82, 2.24) is 10.2 Å². The van der Waals surface area contributed by atoms with E-state index in [0.29, 0.717) is 6.42 Å². The molecule has 2 saturated heterocycles. The van der Waals surface area contributed by atoms with Crippen LogP contribution in [0.4, 0.5) is 0 Å². The summed E-state index contributed by atoms with van der Waals surface area (Å²) < 4.78 is 4.72. The van der Waals surface area contributed by atoms with Crippen LogP contribution in [0, 0.1) is 5.92 Å².